The molecule has 0 bridgehead atoms. The van der Waals surface area contributed by atoms with Gasteiger partial charge in [-0.3, -0.25) is 0 Å². The van der Waals surface area contributed by atoms with Crippen LogP contribution < -0.4 is 0 Å². The average Bonchev–Trinajstić information content (AvgIpc) is 3.13. The zero-order chi connectivity index (χ0) is 20.7. The van der Waals surface area contributed by atoms with Gasteiger partial charge in [0, 0.05) is 18.1 Å². The number of nitrogens with zero attached hydrogens (tertiary/aromatic N) is 1. The number of hydrogen-bond acceptors (Lipinski definition) is 4. The van der Waals surface area contributed by atoms with Gasteiger partial charge in [-0.25, -0.2) is 16.8 Å². The second-order valence-electron chi connectivity index (χ2n) is 7.97. The van der Waals surface area contributed by atoms with Crippen molar-refractivity contribution in [2.75, 3.05) is 13.1 Å². The van der Waals surface area contributed by atoms with Gasteiger partial charge < -0.3 is 0 Å². The summed E-state index contributed by atoms with van der Waals surface area (Å²) in [5.41, 5.74) is 1.62. The van der Waals surface area contributed by atoms with Gasteiger partial charge in [0.05, 0.1) is 14.9 Å². The van der Waals surface area contributed by atoms with Gasteiger partial charge in [0.15, 0.2) is 9.84 Å². The van der Waals surface area contributed by atoms with E-state index in [2.05, 4.69) is 0 Å². The Balaban J connectivity index is 1.88. The third-order valence-electron chi connectivity index (χ3n) is 5.05. The van der Waals surface area contributed by atoms with Crippen LogP contribution >= 0.6 is 11.6 Å². The maximum absolute atomic E-state index is 13.1. The molecule has 0 N–H and O–H groups in total. The first-order valence-corrected chi connectivity index (χ1v) is 12.4. The Morgan fingerprint density at radius 3 is 2.21 bits per heavy atom. The molecule has 5 nitrogen and oxygen atoms in total. The van der Waals surface area contributed by atoms with Crippen LogP contribution in [0.5, 0.6) is 0 Å². The van der Waals surface area contributed by atoms with E-state index in [0.29, 0.717) is 11.4 Å². The average molecular weight is 442 g/mol. The Hall–Kier alpha value is -1.41. The van der Waals surface area contributed by atoms with Gasteiger partial charge in [0.2, 0.25) is 10.0 Å². The van der Waals surface area contributed by atoms with Crippen molar-refractivity contribution in [1.29, 1.82) is 0 Å². The van der Waals surface area contributed by atoms with Crippen molar-refractivity contribution in [3.05, 3.63) is 53.6 Å². The zero-order valence-corrected chi connectivity index (χ0v) is 18.5. The summed E-state index contributed by atoms with van der Waals surface area (Å²) in [6.07, 6.45) is 0.315. The topological polar surface area (TPSA) is 71.5 Å². The quantitative estimate of drug-likeness (QED) is 0.719. The standard InChI is InChI=1S/C20H24ClNO4S2/c1-20(2,3)27(23,24)19-11-12-22(14-19)28(25,26)18-6-4-5-16(13-18)15-7-9-17(21)10-8-15/h4-10,13,19H,11-12,14H2,1-3H3/t19-/m1/s1. The normalized spacial score (nSPS) is 19.1. The van der Waals surface area contributed by atoms with Crippen LogP contribution in [0.2, 0.25) is 5.02 Å². The van der Waals surface area contributed by atoms with Crippen LogP contribution in [0.4, 0.5) is 0 Å². The van der Waals surface area contributed by atoms with E-state index in [4.69, 9.17) is 11.6 Å². The second-order valence-corrected chi connectivity index (χ2v) is 13.3. The highest BCUT2D eigenvalue weighted by atomic mass is 35.5. The Kier molecular flexibility index (Phi) is 5.66. The van der Waals surface area contributed by atoms with Crippen molar-refractivity contribution in [2.24, 2.45) is 0 Å². The molecule has 0 amide bonds. The Morgan fingerprint density at radius 1 is 0.964 bits per heavy atom. The van der Waals surface area contributed by atoms with Crippen LogP contribution in [-0.2, 0) is 19.9 Å². The molecule has 1 atom stereocenters. The lowest BCUT2D eigenvalue weighted by molar-refractivity contribution is 0.475. The van der Waals surface area contributed by atoms with E-state index in [-0.39, 0.29) is 18.0 Å². The van der Waals surface area contributed by atoms with Gasteiger partial charge in [-0.2, -0.15) is 4.31 Å². The molecule has 152 valence electrons. The lowest BCUT2D eigenvalue weighted by Crippen LogP contribution is -2.39. The molecule has 1 saturated heterocycles. The van der Waals surface area contributed by atoms with Crippen molar-refractivity contribution >= 4 is 31.5 Å². The highest BCUT2D eigenvalue weighted by molar-refractivity contribution is 7.93. The summed E-state index contributed by atoms with van der Waals surface area (Å²) in [6.45, 7) is 5.14. The maximum atomic E-state index is 13.1. The molecule has 28 heavy (non-hydrogen) atoms. The minimum Gasteiger partial charge on any atom is -0.228 e. The van der Waals surface area contributed by atoms with Gasteiger partial charge in [-0.15, -0.1) is 0 Å². The summed E-state index contributed by atoms with van der Waals surface area (Å²) >= 11 is 5.92. The fraction of sp³-hybridized carbons (Fsp3) is 0.400. The number of rotatable bonds is 4. The van der Waals surface area contributed by atoms with Crippen LogP contribution in [0.3, 0.4) is 0 Å². The van der Waals surface area contributed by atoms with Crippen molar-refractivity contribution in [1.82, 2.24) is 4.31 Å². The monoisotopic (exact) mass is 441 g/mol. The van der Waals surface area contributed by atoms with E-state index in [1.165, 1.54) is 4.31 Å². The fourth-order valence-corrected chi connectivity index (χ4v) is 6.86. The summed E-state index contributed by atoms with van der Waals surface area (Å²) in [6, 6.07) is 13.8. The third-order valence-corrected chi connectivity index (χ3v) is 10.1. The van der Waals surface area contributed by atoms with Crippen molar-refractivity contribution in [3.8, 4) is 11.1 Å². The molecule has 1 heterocycles. The van der Waals surface area contributed by atoms with Crippen LogP contribution in [0, 0.1) is 0 Å². The minimum absolute atomic E-state index is 0.00684. The molecular weight excluding hydrogens is 418 g/mol. The first-order valence-electron chi connectivity index (χ1n) is 9.02. The molecule has 1 aliphatic rings. The first kappa shape index (κ1) is 21.3. The summed E-state index contributed by atoms with van der Waals surface area (Å²) in [5, 5.41) is -0.0718. The zero-order valence-electron chi connectivity index (χ0n) is 16.1. The molecule has 8 heteroatoms. The molecule has 0 unspecified atom stereocenters. The molecule has 0 saturated carbocycles. The van der Waals surface area contributed by atoms with Crippen LogP contribution in [0.25, 0.3) is 11.1 Å². The number of sulfonamides is 1. The third kappa shape index (κ3) is 3.99. The van der Waals surface area contributed by atoms with E-state index in [9.17, 15) is 16.8 Å². The predicted molar refractivity (Wildman–Crippen MR) is 113 cm³/mol. The molecule has 0 radical (unpaired) electrons. The molecule has 1 fully saturated rings. The predicted octanol–water partition coefficient (Wildman–Crippen LogP) is 3.98. The molecule has 1 aliphatic heterocycles. The number of benzene rings is 2. The number of hydrogen-bond donors (Lipinski definition) is 0. The van der Waals surface area contributed by atoms with E-state index >= 15 is 0 Å². The largest absolute Gasteiger partial charge is 0.243 e. The summed E-state index contributed by atoms with van der Waals surface area (Å²) in [4.78, 5) is 0.161. The molecule has 2 aromatic carbocycles. The molecule has 2 aromatic rings. The highest BCUT2D eigenvalue weighted by Crippen LogP contribution is 2.31. The van der Waals surface area contributed by atoms with E-state index in [1.807, 2.05) is 18.2 Å². The van der Waals surface area contributed by atoms with Crippen LogP contribution in [0.15, 0.2) is 53.4 Å². The second kappa shape index (κ2) is 7.44. The van der Waals surface area contributed by atoms with Crippen LogP contribution in [0.1, 0.15) is 27.2 Å². The maximum Gasteiger partial charge on any atom is 0.243 e. The highest BCUT2D eigenvalue weighted by Gasteiger charge is 2.43. The van der Waals surface area contributed by atoms with Crippen LogP contribution in [-0.4, -0.2) is 44.2 Å². The lowest BCUT2D eigenvalue weighted by Gasteiger charge is -2.24. The molecule has 3 rings (SSSR count). The van der Waals surface area contributed by atoms with Crippen molar-refractivity contribution in [2.45, 2.75) is 42.1 Å². The summed E-state index contributed by atoms with van der Waals surface area (Å²) in [5.74, 6) is 0. The Labute approximate surface area is 172 Å². The van der Waals surface area contributed by atoms with E-state index < -0.39 is 29.9 Å². The first-order chi connectivity index (χ1) is 12.9. The summed E-state index contributed by atoms with van der Waals surface area (Å²) in [7, 11) is -7.20. The van der Waals surface area contributed by atoms with Crippen molar-refractivity contribution < 1.29 is 16.8 Å². The van der Waals surface area contributed by atoms with Gasteiger partial charge in [0.1, 0.15) is 0 Å². The molecule has 0 spiro atoms. The van der Waals surface area contributed by atoms with E-state index in [0.717, 1.165) is 11.1 Å². The Morgan fingerprint density at radius 2 is 1.61 bits per heavy atom. The summed E-state index contributed by atoms with van der Waals surface area (Å²) < 4.78 is 52.0. The number of sulfone groups is 1. The fourth-order valence-electron chi connectivity index (χ4n) is 3.30. The van der Waals surface area contributed by atoms with Gasteiger partial charge in [0.25, 0.3) is 0 Å². The SMILES string of the molecule is CC(C)(C)S(=O)(=O)[C@@H]1CCN(S(=O)(=O)c2cccc(-c3ccc(Cl)cc3)c2)C1. The Bertz CT molecular complexity index is 1070. The molecular formula is C20H24ClNO4S2. The number of halogens is 1. The lowest BCUT2D eigenvalue weighted by atomic mass is 10.1. The minimum atomic E-state index is -3.77. The molecule has 0 aromatic heterocycles. The van der Waals surface area contributed by atoms with E-state index in [1.54, 1.807) is 51.1 Å². The van der Waals surface area contributed by atoms with Gasteiger partial charge >= 0.3 is 0 Å². The smallest absolute Gasteiger partial charge is 0.228 e. The van der Waals surface area contributed by atoms with Gasteiger partial charge in [-0.05, 0) is 62.6 Å². The van der Waals surface area contributed by atoms with Gasteiger partial charge in [-0.1, -0.05) is 35.9 Å². The van der Waals surface area contributed by atoms with Crippen molar-refractivity contribution in [3.63, 3.8) is 0 Å². The molecule has 0 aliphatic carbocycles.